The van der Waals surface area contributed by atoms with Crippen LogP contribution in [-0.2, 0) is 17.6 Å². The van der Waals surface area contributed by atoms with Gasteiger partial charge in [0.15, 0.2) is 0 Å². The molecular formula is C29H39ClN4O3S. The van der Waals surface area contributed by atoms with Gasteiger partial charge in [0, 0.05) is 37.1 Å². The third-order valence-corrected chi connectivity index (χ3v) is 8.55. The normalized spacial score (nSPS) is 14.6. The number of hydrogen-bond acceptors (Lipinski definition) is 6. The fourth-order valence-electron chi connectivity index (χ4n) is 5.25. The first kappa shape index (κ1) is 28.6. The van der Waals surface area contributed by atoms with Crippen LogP contribution in [0.4, 0.5) is 0 Å². The molecule has 1 amide bonds. The van der Waals surface area contributed by atoms with E-state index in [1.54, 1.807) is 6.07 Å². The molecule has 0 saturated heterocycles. The van der Waals surface area contributed by atoms with Crippen LogP contribution in [-0.4, -0.2) is 59.7 Å². The third kappa shape index (κ3) is 8.30. The molecule has 9 heteroatoms. The Balaban J connectivity index is 1.23. The van der Waals surface area contributed by atoms with Crippen molar-refractivity contribution in [3.63, 3.8) is 0 Å². The summed E-state index contributed by atoms with van der Waals surface area (Å²) >= 11 is 7.09. The fraction of sp³-hybridized carbons (Fsp3) is 0.517. The van der Waals surface area contributed by atoms with E-state index in [4.69, 9.17) is 11.6 Å². The van der Waals surface area contributed by atoms with Gasteiger partial charge in [0.05, 0.1) is 4.70 Å². The van der Waals surface area contributed by atoms with Gasteiger partial charge >= 0.3 is 4.87 Å². The number of fused-ring (bicyclic) bond motifs is 1. The van der Waals surface area contributed by atoms with Crippen molar-refractivity contribution in [1.82, 2.24) is 20.5 Å². The number of rotatable bonds is 13. The van der Waals surface area contributed by atoms with Crippen molar-refractivity contribution >= 4 is 39.1 Å². The topological polar surface area (TPSA) is 97.5 Å². The van der Waals surface area contributed by atoms with Crippen LogP contribution in [0.15, 0.2) is 41.2 Å². The first-order valence-corrected chi connectivity index (χ1v) is 15.0. The molecule has 1 fully saturated rings. The lowest BCUT2D eigenvalue weighted by Gasteiger charge is -2.32. The lowest BCUT2D eigenvalue weighted by molar-refractivity contribution is -0.133. The molecule has 1 heterocycles. The molecule has 1 saturated carbocycles. The Morgan fingerprint density at radius 3 is 2.45 bits per heavy atom. The average molecular weight is 559 g/mol. The van der Waals surface area contributed by atoms with Gasteiger partial charge in [0.25, 0.3) is 0 Å². The number of halogens is 1. The number of nitrogens with one attached hydrogen (secondary N) is 3. The second-order valence-electron chi connectivity index (χ2n) is 10.1. The van der Waals surface area contributed by atoms with E-state index in [-0.39, 0.29) is 16.5 Å². The Hall–Kier alpha value is -2.39. The molecule has 1 aliphatic rings. The largest absolute Gasteiger partial charge is 0.506 e. The SMILES string of the molecule is O=C(CCNCCc1ccc(Cl)cc1)N(CCNCCc1ccc(O)c2[nH]c(=O)sc12)C1CCCCCC1. The van der Waals surface area contributed by atoms with Crippen molar-refractivity contribution in [2.75, 3.05) is 32.7 Å². The van der Waals surface area contributed by atoms with Crippen LogP contribution in [0.2, 0.25) is 5.02 Å². The quantitative estimate of drug-likeness (QED) is 0.177. The molecule has 2 aromatic carbocycles. The molecular weight excluding hydrogens is 520 g/mol. The van der Waals surface area contributed by atoms with E-state index in [1.807, 2.05) is 30.3 Å². The van der Waals surface area contributed by atoms with E-state index in [9.17, 15) is 14.7 Å². The molecule has 0 aliphatic heterocycles. The number of thiazole rings is 1. The van der Waals surface area contributed by atoms with Gasteiger partial charge in [0.2, 0.25) is 5.91 Å². The lowest BCUT2D eigenvalue weighted by atomic mass is 10.1. The molecule has 1 aliphatic carbocycles. The van der Waals surface area contributed by atoms with Crippen LogP contribution in [0.1, 0.15) is 56.1 Å². The summed E-state index contributed by atoms with van der Waals surface area (Å²) in [7, 11) is 0. The van der Waals surface area contributed by atoms with Crippen LogP contribution >= 0.6 is 22.9 Å². The van der Waals surface area contributed by atoms with E-state index in [2.05, 4.69) is 20.5 Å². The highest BCUT2D eigenvalue weighted by Crippen LogP contribution is 2.28. The van der Waals surface area contributed by atoms with E-state index >= 15 is 0 Å². The summed E-state index contributed by atoms with van der Waals surface area (Å²) in [6.45, 7) is 3.69. The summed E-state index contributed by atoms with van der Waals surface area (Å²) < 4.78 is 0.815. The number of nitrogens with zero attached hydrogens (tertiary/aromatic N) is 1. The van der Waals surface area contributed by atoms with Crippen molar-refractivity contribution in [1.29, 1.82) is 0 Å². The van der Waals surface area contributed by atoms with Gasteiger partial charge in [-0.15, -0.1) is 0 Å². The Morgan fingerprint density at radius 2 is 1.68 bits per heavy atom. The van der Waals surface area contributed by atoms with Crippen LogP contribution in [0, 0.1) is 0 Å². The van der Waals surface area contributed by atoms with Gasteiger partial charge in [-0.1, -0.05) is 66.8 Å². The molecule has 206 valence electrons. The number of phenols is 1. The van der Waals surface area contributed by atoms with Gasteiger partial charge in [0.1, 0.15) is 11.3 Å². The standard InChI is InChI=1S/C29H39ClN4O3S/c30-23-10-7-21(8-11-23)13-16-31-18-15-26(36)34(24-5-3-1-2-4-6-24)20-19-32-17-14-22-9-12-25(35)27-28(22)38-29(37)33-27/h7-12,24,31-32,35H,1-6,13-20H2,(H,33,37). The second-order valence-corrected chi connectivity index (χ2v) is 11.5. The Bertz CT molecular complexity index is 1220. The molecule has 0 atom stereocenters. The third-order valence-electron chi connectivity index (χ3n) is 7.34. The molecule has 3 aromatic rings. The molecule has 0 radical (unpaired) electrons. The predicted octanol–water partition coefficient (Wildman–Crippen LogP) is 4.85. The van der Waals surface area contributed by atoms with E-state index in [1.165, 1.54) is 31.2 Å². The molecule has 7 nitrogen and oxygen atoms in total. The molecule has 4 rings (SSSR count). The molecule has 0 unspecified atom stereocenters. The summed E-state index contributed by atoms with van der Waals surface area (Å²) in [5.41, 5.74) is 2.79. The van der Waals surface area contributed by atoms with Gasteiger partial charge in [-0.25, -0.2) is 0 Å². The summed E-state index contributed by atoms with van der Waals surface area (Å²) in [6.07, 6.45) is 9.25. The number of carbonyl (C=O) groups excluding carboxylic acids is 1. The highest BCUT2D eigenvalue weighted by atomic mass is 35.5. The van der Waals surface area contributed by atoms with Gasteiger partial charge in [-0.2, -0.15) is 0 Å². The Morgan fingerprint density at radius 1 is 0.974 bits per heavy atom. The number of aromatic amines is 1. The fourth-order valence-corrected chi connectivity index (χ4v) is 6.27. The second kappa shape index (κ2) is 14.7. The van der Waals surface area contributed by atoms with Crippen molar-refractivity contribution < 1.29 is 9.90 Å². The van der Waals surface area contributed by atoms with Gasteiger partial charge < -0.3 is 25.6 Å². The van der Waals surface area contributed by atoms with Crippen molar-refractivity contribution in [3.05, 3.63) is 62.2 Å². The van der Waals surface area contributed by atoms with Crippen LogP contribution < -0.4 is 15.5 Å². The first-order chi connectivity index (χ1) is 18.5. The number of phenolic OH excluding ortho intramolecular Hbond substituents is 1. The predicted molar refractivity (Wildman–Crippen MR) is 157 cm³/mol. The monoisotopic (exact) mass is 558 g/mol. The average Bonchev–Trinajstić information content (AvgIpc) is 3.12. The number of aromatic nitrogens is 1. The number of hydrogen-bond donors (Lipinski definition) is 4. The number of benzene rings is 2. The van der Waals surface area contributed by atoms with Gasteiger partial charge in [-0.05, 0) is 68.1 Å². The zero-order valence-corrected chi connectivity index (χ0v) is 23.5. The van der Waals surface area contributed by atoms with Crippen LogP contribution in [0.5, 0.6) is 5.75 Å². The summed E-state index contributed by atoms with van der Waals surface area (Å²) in [6, 6.07) is 11.7. The smallest absolute Gasteiger partial charge is 0.305 e. The zero-order chi connectivity index (χ0) is 26.7. The van der Waals surface area contributed by atoms with E-state index in [0.717, 1.165) is 71.9 Å². The highest BCUT2D eigenvalue weighted by Gasteiger charge is 2.24. The molecule has 4 N–H and O–H groups in total. The maximum absolute atomic E-state index is 13.3. The number of carbonyl (C=O) groups is 1. The maximum atomic E-state index is 13.3. The first-order valence-electron chi connectivity index (χ1n) is 13.8. The number of aromatic hydroxyl groups is 1. The molecule has 38 heavy (non-hydrogen) atoms. The summed E-state index contributed by atoms with van der Waals surface area (Å²) in [5, 5.41) is 17.7. The van der Waals surface area contributed by atoms with Crippen molar-refractivity contribution in [2.45, 2.75) is 63.8 Å². The van der Waals surface area contributed by atoms with Gasteiger partial charge in [-0.3, -0.25) is 9.59 Å². The van der Waals surface area contributed by atoms with Crippen molar-refractivity contribution in [3.8, 4) is 5.75 Å². The summed E-state index contributed by atoms with van der Waals surface area (Å²) in [4.78, 5) is 29.7. The van der Waals surface area contributed by atoms with Crippen LogP contribution in [0.3, 0.4) is 0 Å². The molecule has 0 spiro atoms. The number of amides is 1. The van der Waals surface area contributed by atoms with Crippen LogP contribution in [0.25, 0.3) is 10.2 Å². The minimum Gasteiger partial charge on any atom is -0.506 e. The van der Waals surface area contributed by atoms with E-state index < -0.39 is 0 Å². The Kier molecular flexibility index (Phi) is 11.1. The maximum Gasteiger partial charge on any atom is 0.305 e. The minimum atomic E-state index is -0.160. The molecule has 1 aromatic heterocycles. The highest BCUT2D eigenvalue weighted by molar-refractivity contribution is 7.16. The number of H-pyrrole nitrogens is 1. The molecule has 0 bridgehead atoms. The lowest BCUT2D eigenvalue weighted by Crippen LogP contribution is -2.45. The van der Waals surface area contributed by atoms with Crippen molar-refractivity contribution in [2.24, 2.45) is 0 Å². The summed E-state index contributed by atoms with van der Waals surface area (Å²) in [5.74, 6) is 0.335. The van der Waals surface area contributed by atoms with E-state index in [0.29, 0.717) is 31.1 Å². The Labute approximate surface area is 233 Å². The zero-order valence-electron chi connectivity index (χ0n) is 21.9. The minimum absolute atomic E-state index is 0.104.